The maximum Gasteiger partial charge on any atom is 0.510 e. The molecule has 99 heavy (non-hydrogen) atoms. The molecular weight excluding hydrogens is 1320 g/mol. The third-order valence-corrected chi connectivity index (χ3v) is 29.4. The first-order valence-corrected chi connectivity index (χ1v) is 40.0. The van der Waals surface area contributed by atoms with Crippen LogP contribution in [0.5, 0.6) is 34.5 Å². The molecule has 20 nitrogen and oxygen atoms in total. The number of carbonyl (C=O) groups is 3. The normalized spacial score (nSPS) is 25.2. The Morgan fingerprint density at radius 1 is 0.909 bits per heavy atom. The van der Waals surface area contributed by atoms with E-state index in [1.54, 1.807) is 64.3 Å². The number of fused-ring (bicyclic) bond motifs is 10. The van der Waals surface area contributed by atoms with Crippen LogP contribution >= 0.6 is 11.6 Å². The van der Waals surface area contributed by atoms with Gasteiger partial charge in [-0.2, -0.15) is 0 Å². The number of rotatable bonds is 27. The second-order valence-corrected chi connectivity index (χ2v) is 36.8. The molecule has 4 bridgehead atoms. The van der Waals surface area contributed by atoms with Crippen molar-refractivity contribution in [3.8, 4) is 57.8 Å². The molecule has 5 heterocycles. The molecule has 4 aromatic rings. The lowest BCUT2D eigenvalue weighted by molar-refractivity contribution is -0.234. The predicted octanol–water partition coefficient (Wildman–Crippen LogP) is 14.2. The maximum absolute atomic E-state index is 15.3. The van der Waals surface area contributed by atoms with Crippen LogP contribution in [0, 0.1) is 35.1 Å². The summed E-state index contributed by atoms with van der Waals surface area (Å²) in [6.07, 6.45) is -0.360. The molecule has 2 fully saturated rings. The number of pyridine rings is 1. The van der Waals surface area contributed by atoms with Crippen LogP contribution < -0.4 is 33.7 Å². The third-order valence-electron chi connectivity index (χ3n) is 19.7. The number of hydrogen-bond donors (Lipinski definition) is 2. The van der Waals surface area contributed by atoms with Gasteiger partial charge in [0.2, 0.25) is 5.75 Å². The van der Waals surface area contributed by atoms with Crippen molar-refractivity contribution < 1.29 is 85.5 Å². The minimum atomic E-state index is -2.31. The minimum Gasteiger partial charge on any atom is -0.497 e. The highest BCUT2D eigenvalue weighted by molar-refractivity contribution is 6.87. The lowest BCUT2D eigenvalue weighted by Crippen LogP contribution is -2.63. The smallest absolute Gasteiger partial charge is 0.497 e. The Morgan fingerprint density at radius 2 is 1.60 bits per heavy atom. The topological polar surface area (TPSA) is 226 Å². The zero-order chi connectivity index (χ0) is 72.1. The monoisotopic (exact) mass is 1420 g/mol. The molecule has 3 aromatic carbocycles. The molecule has 538 valence electrons. The summed E-state index contributed by atoms with van der Waals surface area (Å²) in [5, 5.41) is 16.9. The van der Waals surface area contributed by atoms with Crippen LogP contribution in [-0.2, 0) is 49.0 Å². The number of aliphatic hydroxyl groups is 1. The van der Waals surface area contributed by atoms with Crippen molar-refractivity contribution in [2.24, 2.45) is 11.8 Å². The summed E-state index contributed by atoms with van der Waals surface area (Å²) in [5.41, 5.74) is 0.0773. The molecule has 10 atom stereocenters. The quantitative estimate of drug-likeness (QED) is 0.0186. The van der Waals surface area contributed by atoms with Gasteiger partial charge >= 0.3 is 12.1 Å². The summed E-state index contributed by atoms with van der Waals surface area (Å²) in [5.74, 6) is 7.63. The van der Waals surface area contributed by atoms with Crippen molar-refractivity contribution >= 4 is 56.8 Å². The van der Waals surface area contributed by atoms with Gasteiger partial charge in [-0.1, -0.05) is 96.5 Å². The average Bonchev–Trinajstić information content (AvgIpc) is 1.57. The van der Waals surface area contributed by atoms with E-state index in [1.807, 2.05) is 51.1 Å². The second kappa shape index (κ2) is 33.6. The van der Waals surface area contributed by atoms with E-state index in [0.29, 0.717) is 39.3 Å². The lowest BCUT2D eigenvalue weighted by Gasteiger charge is -2.51. The lowest BCUT2D eigenvalue weighted by atomic mass is 9.74. The number of nitrogens with one attached hydrogen (secondary N) is 1. The Labute approximate surface area is 591 Å². The molecule has 2 saturated heterocycles. The first-order chi connectivity index (χ1) is 47.2. The van der Waals surface area contributed by atoms with E-state index in [-0.39, 0.29) is 79.9 Å². The second-order valence-electron chi connectivity index (χ2n) is 26.8. The number of methoxy groups -OCH3 is 3. The van der Waals surface area contributed by atoms with E-state index in [9.17, 15) is 9.90 Å². The third kappa shape index (κ3) is 17.8. The molecule has 0 saturated carbocycles. The molecule has 5 aliphatic rings. The summed E-state index contributed by atoms with van der Waals surface area (Å²) in [7, 11) is 0.0106. The van der Waals surface area contributed by atoms with Crippen molar-refractivity contribution in [1.82, 2.24) is 10.3 Å². The maximum atomic E-state index is 15.3. The molecule has 2 N–H and O–H groups in total. The average molecular weight is 1420 g/mol. The first-order valence-electron chi connectivity index (χ1n) is 34.5. The fraction of sp³-hybridized carbons (Fsp3) is 0.553. The fourth-order valence-electron chi connectivity index (χ4n) is 13.8. The van der Waals surface area contributed by atoms with Gasteiger partial charge in [0.1, 0.15) is 51.1 Å². The van der Waals surface area contributed by atoms with E-state index in [2.05, 4.69) is 83.3 Å². The Hall–Kier alpha value is -7.10. The van der Waals surface area contributed by atoms with Gasteiger partial charge in [-0.25, -0.2) is 9.78 Å². The van der Waals surface area contributed by atoms with Gasteiger partial charge in [0.15, 0.2) is 42.1 Å². The van der Waals surface area contributed by atoms with Gasteiger partial charge in [0, 0.05) is 17.4 Å². The minimum absolute atomic E-state index is 0.0230. The molecule has 1 aliphatic carbocycles. The molecule has 1 unspecified atom stereocenters. The molecule has 1 amide bonds. The Balaban J connectivity index is 1.36. The Kier molecular flexibility index (Phi) is 26.3. The number of hydrogen-bond acceptors (Lipinski definition) is 19. The number of amides is 1. The van der Waals surface area contributed by atoms with Crippen LogP contribution in [0.4, 0.5) is 4.79 Å². The van der Waals surface area contributed by atoms with E-state index in [1.165, 1.54) is 20.3 Å². The molecule has 4 aliphatic heterocycles. The number of ether oxygens (including phenoxy) is 13. The van der Waals surface area contributed by atoms with Gasteiger partial charge in [-0.3, -0.25) is 9.59 Å². The highest BCUT2D eigenvalue weighted by Crippen LogP contribution is 2.54. The number of nitrogens with zero attached hydrogens (tertiary/aromatic N) is 1. The van der Waals surface area contributed by atoms with Crippen molar-refractivity contribution in [2.45, 2.75) is 204 Å². The van der Waals surface area contributed by atoms with E-state index in [4.69, 9.17) is 82.6 Å². The zero-order valence-electron chi connectivity index (χ0n) is 60.3. The van der Waals surface area contributed by atoms with Crippen LogP contribution in [0.2, 0.25) is 41.4 Å². The predicted molar refractivity (Wildman–Crippen MR) is 384 cm³/mol. The van der Waals surface area contributed by atoms with Gasteiger partial charge in [-0.05, 0) is 143 Å². The van der Waals surface area contributed by atoms with Gasteiger partial charge in [-0.15, -0.1) is 11.5 Å². The fourth-order valence-corrected chi connectivity index (χ4v) is 19.4. The summed E-state index contributed by atoms with van der Waals surface area (Å²) in [6.45, 7) is 30.6. The van der Waals surface area contributed by atoms with E-state index < -0.39 is 112 Å². The van der Waals surface area contributed by atoms with Crippen LogP contribution in [0.1, 0.15) is 130 Å². The molecule has 23 heteroatoms. The SMILES string of the molecule is C=CCOC(=O)O[C@@]1(CC#C[Si](CC)(CC)CC)C#CC2=C[C@H](Oc3ccc(nc3Cl)C(NC(=O)c3cc4c(OC)c(OC)c(OC(C)C)cc4cc3OCC=C)CC(=O)OC[C@H]1COCc1ccc(OC)cc1)[C@@H]([C@H]1C[C@@](C)(O)[C@@H](O[Si](CC)(CC)CC)[C@H](C)O1)[C@]21COC(C)(C)O1. The van der Waals surface area contributed by atoms with E-state index in [0.717, 1.165) is 41.8 Å². The van der Waals surface area contributed by atoms with Crippen molar-refractivity contribution in [3.05, 3.63) is 114 Å². The summed E-state index contributed by atoms with van der Waals surface area (Å²) in [4.78, 5) is 49.8. The van der Waals surface area contributed by atoms with Crippen LogP contribution in [-0.4, -0.2) is 152 Å². The number of aromatic nitrogens is 1. The van der Waals surface area contributed by atoms with Crippen molar-refractivity contribution in [2.75, 3.05) is 54.4 Å². The van der Waals surface area contributed by atoms with Crippen molar-refractivity contribution in [1.29, 1.82) is 0 Å². The van der Waals surface area contributed by atoms with Crippen molar-refractivity contribution in [3.63, 3.8) is 0 Å². The molecule has 0 radical (unpaired) electrons. The Morgan fingerprint density at radius 3 is 2.19 bits per heavy atom. The Bertz CT molecular complexity index is 3660. The summed E-state index contributed by atoms with van der Waals surface area (Å²) < 4.78 is 90.3. The number of halogens is 1. The van der Waals surface area contributed by atoms with E-state index >= 15 is 9.59 Å². The van der Waals surface area contributed by atoms with Gasteiger partial charge in [0.05, 0.1) is 113 Å². The van der Waals surface area contributed by atoms with Crippen LogP contribution in [0.25, 0.3) is 10.8 Å². The highest BCUT2D eigenvalue weighted by Gasteiger charge is 2.64. The summed E-state index contributed by atoms with van der Waals surface area (Å²) in [6, 6.07) is 19.5. The number of esters is 1. The zero-order valence-corrected chi connectivity index (χ0v) is 63.0. The standard InChI is InChI=1S/C76H101ClN2O18Si2/c1-18-36-88-61-39-52-40-63(92-49(9)10)68(86-17)67(85-16)56(52)42-57(61)71(81)79-59-43-65(80)90-47-54(46-87-45-51-27-29-55(84-15)30-28-51)75(95-72(82)89-37-19-2,34-26-38-98(20-3,21-4)22-5)35-33-53-41-62(94-60-32-31-58(59)78-70(60)77)66(76(53)48-91-73(12,13)97-76)64-44-74(14,83)69(50(11)93-64)96-99(23-6,24-7)25-8/h18-19,27-32,39-42,49-50,54,59,62,64,66,69,83H,1-2,20-25,34,36-37,43-48H2,3-17H3,(H,79,81)/t50-,54+,59?,62-,64+,66-,69-,74+,75-,76-/m0/s1. The molecular formula is C76H101ClN2O18Si2. The molecule has 1 spiro atoms. The summed E-state index contributed by atoms with van der Waals surface area (Å²) >= 11 is 7.33. The molecule has 1 aromatic heterocycles. The van der Waals surface area contributed by atoms with Gasteiger partial charge in [0.25, 0.3) is 5.91 Å². The molecule has 9 rings (SSSR count). The largest absolute Gasteiger partial charge is 0.510 e. The van der Waals surface area contributed by atoms with Gasteiger partial charge < -0.3 is 76.4 Å². The van der Waals surface area contributed by atoms with Crippen LogP contribution in [0.3, 0.4) is 0 Å². The highest BCUT2D eigenvalue weighted by atomic mass is 35.5. The number of benzene rings is 3. The number of carbonyl (C=O) groups excluding carboxylic acids is 3. The van der Waals surface area contributed by atoms with Crippen LogP contribution in [0.15, 0.2) is 91.6 Å². The first kappa shape index (κ1) is 77.6.